The van der Waals surface area contributed by atoms with Gasteiger partial charge in [-0.15, -0.1) is 0 Å². The van der Waals surface area contributed by atoms with Crippen molar-refractivity contribution < 1.29 is 5.11 Å². The van der Waals surface area contributed by atoms with Crippen LogP contribution in [-0.4, -0.2) is 22.2 Å². The maximum atomic E-state index is 10.5. The highest BCUT2D eigenvalue weighted by atomic mass is 16.3. The molecule has 1 aromatic heterocycles. The van der Waals surface area contributed by atoms with Crippen LogP contribution in [0.3, 0.4) is 0 Å². The number of hydrogen-bond donors (Lipinski definition) is 3. The van der Waals surface area contributed by atoms with Crippen molar-refractivity contribution in [3.05, 3.63) is 17.8 Å². The molecule has 0 aromatic carbocycles. The molecular weight excluding hydrogens is 240 g/mol. The molecule has 1 aliphatic rings. The standard InChI is InChI=1S/C14H20N4O/c15-8-11-7-12(16)13(17-9-11)18-10-14(19)5-3-1-2-4-6-14/h7,9,19H,1-6,10,16H2,(H,17,18). The molecule has 1 aromatic rings. The highest BCUT2D eigenvalue weighted by Gasteiger charge is 2.27. The molecule has 2 rings (SSSR count). The van der Waals surface area contributed by atoms with Crippen LogP contribution in [0, 0.1) is 11.3 Å². The van der Waals surface area contributed by atoms with E-state index in [-0.39, 0.29) is 0 Å². The Labute approximate surface area is 113 Å². The highest BCUT2D eigenvalue weighted by Crippen LogP contribution is 2.27. The van der Waals surface area contributed by atoms with Crippen molar-refractivity contribution in [3.8, 4) is 6.07 Å². The van der Waals surface area contributed by atoms with Crippen molar-refractivity contribution in [1.29, 1.82) is 5.26 Å². The third-order valence-corrected chi connectivity index (χ3v) is 3.67. The van der Waals surface area contributed by atoms with Crippen molar-refractivity contribution in [2.45, 2.75) is 44.1 Å². The number of rotatable bonds is 3. The van der Waals surface area contributed by atoms with E-state index in [1.54, 1.807) is 6.07 Å². The van der Waals surface area contributed by atoms with Crippen molar-refractivity contribution in [1.82, 2.24) is 4.98 Å². The molecule has 0 saturated heterocycles. The summed E-state index contributed by atoms with van der Waals surface area (Å²) in [5, 5.41) is 22.4. The summed E-state index contributed by atoms with van der Waals surface area (Å²) < 4.78 is 0. The van der Waals surface area contributed by atoms with E-state index in [1.807, 2.05) is 6.07 Å². The van der Waals surface area contributed by atoms with Gasteiger partial charge in [-0.2, -0.15) is 5.26 Å². The van der Waals surface area contributed by atoms with E-state index in [4.69, 9.17) is 11.0 Å². The SMILES string of the molecule is N#Cc1cnc(NCC2(O)CCCCCC2)c(N)c1. The Balaban J connectivity index is 2.00. The average molecular weight is 260 g/mol. The molecule has 19 heavy (non-hydrogen) atoms. The monoisotopic (exact) mass is 260 g/mol. The second kappa shape index (κ2) is 5.89. The Hall–Kier alpha value is -1.80. The van der Waals surface area contributed by atoms with Crippen molar-refractivity contribution in [2.75, 3.05) is 17.6 Å². The zero-order chi connectivity index (χ0) is 13.7. The minimum Gasteiger partial charge on any atom is -0.396 e. The summed E-state index contributed by atoms with van der Waals surface area (Å²) in [6.07, 6.45) is 7.63. The second-order valence-corrected chi connectivity index (χ2v) is 5.27. The maximum absolute atomic E-state index is 10.5. The topological polar surface area (TPSA) is 95.0 Å². The molecule has 4 N–H and O–H groups in total. The highest BCUT2D eigenvalue weighted by molar-refractivity contribution is 5.63. The molecule has 0 radical (unpaired) electrons. The van der Waals surface area contributed by atoms with Crippen LogP contribution < -0.4 is 11.1 Å². The molecule has 0 amide bonds. The lowest BCUT2D eigenvalue weighted by atomic mass is 9.94. The molecule has 5 heteroatoms. The van der Waals surface area contributed by atoms with Crippen LogP contribution in [0.2, 0.25) is 0 Å². The maximum Gasteiger partial charge on any atom is 0.149 e. The fourth-order valence-electron chi connectivity index (χ4n) is 2.50. The predicted molar refractivity (Wildman–Crippen MR) is 74.5 cm³/mol. The summed E-state index contributed by atoms with van der Waals surface area (Å²) in [7, 11) is 0. The number of nitrogens with one attached hydrogen (secondary N) is 1. The molecule has 0 spiro atoms. The van der Waals surface area contributed by atoms with Crippen LogP contribution >= 0.6 is 0 Å². The first-order chi connectivity index (χ1) is 9.13. The van der Waals surface area contributed by atoms with Gasteiger partial charge in [-0.3, -0.25) is 0 Å². The molecule has 1 heterocycles. The second-order valence-electron chi connectivity index (χ2n) is 5.27. The quantitative estimate of drug-likeness (QED) is 0.723. The summed E-state index contributed by atoms with van der Waals surface area (Å²) in [5.41, 5.74) is 6.04. The van der Waals surface area contributed by atoms with Gasteiger partial charge in [0.15, 0.2) is 0 Å². The molecule has 1 fully saturated rings. The minimum atomic E-state index is -0.668. The molecule has 1 saturated carbocycles. The molecular formula is C14H20N4O. The lowest BCUT2D eigenvalue weighted by molar-refractivity contribution is 0.0381. The fourth-order valence-corrected chi connectivity index (χ4v) is 2.50. The first-order valence-electron chi connectivity index (χ1n) is 6.75. The van der Waals surface area contributed by atoms with Gasteiger partial charge < -0.3 is 16.2 Å². The van der Waals surface area contributed by atoms with Crippen LogP contribution in [0.1, 0.15) is 44.1 Å². The Kier molecular flexibility index (Phi) is 4.23. The first kappa shape index (κ1) is 13.6. The first-order valence-corrected chi connectivity index (χ1v) is 6.75. The number of pyridine rings is 1. The largest absolute Gasteiger partial charge is 0.396 e. The third-order valence-electron chi connectivity index (χ3n) is 3.67. The molecule has 102 valence electrons. The summed E-state index contributed by atoms with van der Waals surface area (Å²) in [5.74, 6) is 0.539. The van der Waals surface area contributed by atoms with Gasteiger partial charge in [-0.1, -0.05) is 25.7 Å². The summed E-state index contributed by atoms with van der Waals surface area (Å²) in [4.78, 5) is 4.12. The zero-order valence-electron chi connectivity index (χ0n) is 11.0. The molecule has 0 aliphatic heterocycles. The van der Waals surface area contributed by atoms with Gasteiger partial charge in [0.25, 0.3) is 0 Å². The van der Waals surface area contributed by atoms with Gasteiger partial charge in [0.05, 0.1) is 16.9 Å². The lowest BCUT2D eigenvalue weighted by Crippen LogP contribution is -2.36. The van der Waals surface area contributed by atoms with Gasteiger partial charge in [-0.25, -0.2) is 4.98 Å². The van der Waals surface area contributed by atoms with Gasteiger partial charge in [-0.05, 0) is 18.9 Å². The van der Waals surface area contributed by atoms with Crippen LogP contribution in [0.4, 0.5) is 11.5 Å². The molecule has 0 atom stereocenters. The Bertz CT molecular complexity index is 473. The van der Waals surface area contributed by atoms with E-state index < -0.39 is 5.60 Å². The molecule has 0 bridgehead atoms. The van der Waals surface area contributed by atoms with Crippen molar-refractivity contribution >= 4 is 11.5 Å². The Morgan fingerprint density at radius 2 is 2.05 bits per heavy atom. The van der Waals surface area contributed by atoms with E-state index in [0.717, 1.165) is 25.7 Å². The Morgan fingerprint density at radius 3 is 2.63 bits per heavy atom. The average Bonchev–Trinajstić information content (AvgIpc) is 2.62. The van der Waals surface area contributed by atoms with Gasteiger partial charge in [0.1, 0.15) is 11.9 Å². The van der Waals surface area contributed by atoms with Gasteiger partial charge in [0, 0.05) is 12.7 Å². The number of aromatic nitrogens is 1. The van der Waals surface area contributed by atoms with E-state index >= 15 is 0 Å². The van der Waals surface area contributed by atoms with Gasteiger partial charge in [0.2, 0.25) is 0 Å². The summed E-state index contributed by atoms with van der Waals surface area (Å²) in [6.45, 7) is 0.454. The number of anilines is 2. The smallest absolute Gasteiger partial charge is 0.149 e. The number of nitrogen functional groups attached to an aromatic ring is 1. The van der Waals surface area contributed by atoms with Crippen LogP contribution in [0.5, 0.6) is 0 Å². The van der Waals surface area contributed by atoms with Crippen molar-refractivity contribution in [3.63, 3.8) is 0 Å². The van der Waals surface area contributed by atoms with Crippen LogP contribution in [0.25, 0.3) is 0 Å². The van der Waals surface area contributed by atoms with E-state index in [1.165, 1.54) is 19.0 Å². The van der Waals surface area contributed by atoms with Gasteiger partial charge >= 0.3 is 0 Å². The number of hydrogen-bond acceptors (Lipinski definition) is 5. The molecule has 1 aliphatic carbocycles. The molecule has 5 nitrogen and oxygen atoms in total. The van der Waals surface area contributed by atoms with Crippen LogP contribution in [0.15, 0.2) is 12.3 Å². The van der Waals surface area contributed by atoms with E-state index in [0.29, 0.717) is 23.6 Å². The number of aliphatic hydroxyl groups is 1. The zero-order valence-corrected chi connectivity index (χ0v) is 11.0. The third kappa shape index (κ3) is 3.58. The molecule has 0 unspecified atom stereocenters. The summed E-state index contributed by atoms with van der Waals surface area (Å²) >= 11 is 0. The Morgan fingerprint density at radius 1 is 1.37 bits per heavy atom. The number of nitrogens with zero attached hydrogens (tertiary/aromatic N) is 2. The normalized spacial score (nSPS) is 18.3. The van der Waals surface area contributed by atoms with E-state index in [9.17, 15) is 5.11 Å². The van der Waals surface area contributed by atoms with E-state index in [2.05, 4.69) is 10.3 Å². The number of nitriles is 1. The minimum absolute atomic E-state index is 0.441. The lowest BCUT2D eigenvalue weighted by Gasteiger charge is -2.27. The fraction of sp³-hybridized carbons (Fsp3) is 0.571. The summed E-state index contributed by atoms with van der Waals surface area (Å²) in [6, 6.07) is 3.59. The number of nitrogens with two attached hydrogens (primary N) is 1. The van der Waals surface area contributed by atoms with Crippen LogP contribution in [-0.2, 0) is 0 Å². The predicted octanol–water partition coefficient (Wildman–Crippen LogP) is 2.03. The van der Waals surface area contributed by atoms with Crippen molar-refractivity contribution in [2.24, 2.45) is 0 Å².